The molecule has 2 aromatic rings. The fraction of sp³-hybridized carbons (Fsp3) is 0.458. The molecular formula is C24H28FN3O3S. The third kappa shape index (κ3) is 5.41. The Labute approximate surface area is 191 Å². The number of rotatable bonds is 7. The van der Waals surface area contributed by atoms with Gasteiger partial charge in [0.05, 0.1) is 6.20 Å². The Morgan fingerprint density at radius 2 is 1.81 bits per heavy atom. The molecule has 8 heteroatoms. The molecule has 32 heavy (non-hydrogen) atoms. The lowest BCUT2D eigenvalue weighted by atomic mass is 9.89. The second kappa shape index (κ2) is 9.90. The molecule has 0 atom stereocenters. The van der Waals surface area contributed by atoms with E-state index in [9.17, 15) is 14.0 Å². The van der Waals surface area contributed by atoms with Gasteiger partial charge in [-0.2, -0.15) is 0 Å². The molecule has 0 spiro atoms. The molecule has 2 amide bonds. The van der Waals surface area contributed by atoms with Crippen LogP contribution in [-0.4, -0.2) is 46.1 Å². The molecule has 0 aliphatic heterocycles. The number of ether oxygens (including phenoxy) is 1. The van der Waals surface area contributed by atoms with Gasteiger partial charge in [-0.15, -0.1) is 11.8 Å². The predicted octanol–water partition coefficient (Wildman–Crippen LogP) is 4.79. The number of amides is 2. The summed E-state index contributed by atoms with van der Waals surface area (Å²) in [6.07, 6.45) is 8.45. The van der Waals surface area contributed by atoms with Crippen LogP contribution in [-0.2, 0) is 4.79 Å². The predicted molar refractivity (Wildman–Crippen MR) is 122 cm³/mol. The van der Waals surface area contributed by atoms with Crippen molar-refractivity contribution in [1.82, 2.24) is 15.2 Å². The normalized spacial score (nSPS) is 20.5. The zero-order valence-electron chi connectivity index (χ0n) is 18.3. The van der Waals surface area contributed by atoms with E-state index in [4.69, 9.17) is 4.74 Å². The van der Waals surface area contributed by atoms with Gasteiger partial charge >= 0.3 is 0 Å². The van der Waals surface area contributed by atoms with Gasteiger partial charge in [-0.25, -0.2) is 9.37 Å². The smallest absolute Gasteiger partial charge is 0.257 e. The minimum absolute atomic E-state index is 0.0253. The second-order valence-corrected chi connectivity index (χ2v) is 9.30. The van der Waals surface area contributed by atoms with E-state index >= 15 is 0 Å². The van der Waals surface area contributed by atoms with Crippen LogP contribution in [0.15, 0.2) is 41.4 Å². The van der Waals surface area contributed by atoms with E-state index < -0.39 is 11.7 Å². The standard InChI is InChI=1S/C24H28FN3O3S/c1-15(29)28(19-10-11-19)18-8-6-17(7-9-18)27-23(30)22-12-16(25)14-26-24(22)31-20-4-3-5-21(13-20)32-2/h3-5,12-14,17-19H,6-11H2,1-2H3,(H,27,30). The number of halogens is 1. The van der Waals surface area contributed by atoms with Gasteiger partial charge in [0.2, 0.25) is 11.8 Å². The van der Waals surface area contributed by atoms with Gasteiger partial charge in [0.25, 0.3) is 5.91 Å². The zero-order valence-corrected chi connectivity index (χ0v) is 19.2. The molecular weight excluding hydrogens is 429 g/mol. The fourth-order valence-corrected chi connectivity index (χ4v) is 4.82. The molecule has 1 heterocycles. The summed E-state index contributed by atoms with van der Waals surface area (Å²) in [5.74, 6) is -0.243. The molecule has 2 aliphatic rings. The first-order valence-electron chi connectivity index (χ1n) is 11.0. The second-order valence-electron chi connectivity index (χ2n) is 8.42. The van der Waals surface area contributed by atoms with E-state index in [1.54, 1.807) is 24.8 Å². The first-order valence-corrected chi connectivity index (χ1v) is 12.2. The maximum absolute atomic E-state index is 13.9. The first-order chi connectivity index (χ1) is 15.4. The van der Waals surface area contributed by atoms with Gasteiger partial charge in [0, 0.05) is 29.9 Å². The van der Waals surface area contributed by atoms with Crippen LogP contribution in [0.4, 0.5) is 4.39 Å². The van der Waals surface area contributed by atoms with Crippen LogP contribution in [0.3, 0.4) is 0 Å². The monoisotopic (exact) mass is 457 g/mol. The van der Waals surface area contributed by atoms with Crippen molar-refractivity contribution in [3.05, 3.63) is 47.9 Å². The lowest BCUT2D eigenvalue weighted by molar-refractivity contribution is -0.132. The van der Waals surface area contributed by atoms with Gasteiger partial charge in [-0.3, -0.25) is 9.59 Å². The minimum Gasteiger partial charge on any atom is -0.438 e. The highest BCUT2D eigenvalue weighted by Gasteiger charge is 2.37. The zero-order chi connectivity index (χ0) is 22.7. The van der Waals surface area contributed by atoms with Crippen molar-refractivity contribution in [3.63, 3.8) is 0 Å². The highest BCUT2D eigenvalue weighted by Crippen LogP contribution is 2.34. The number of nitrogens with zero attached hydrogens (tertiary/aromatic N) is 2. The van der Waals surface area contributed by atoms with Crippen LogP contribution in [0.2, 0.25) is 0 Å². The van der Waals surface area contributed by atoms with E-state index in [2.05, 4.69) is 10.3 Å². The Bertz CT molecular complexity index is 990. The fourth-order valence-electron chi connectivity index (χ4n) is 4.37. The van der Waals surface area contributed by atoms with Gasteiger partial charge in [0.1, 0.15) is 17.1 Å². The van der Waals surface area contributed by atoms with Crippen molar-refractivity contribution in [1.29, 1.82) is 0 Å². The van der Waals surface area contributed by atoms with Crippen molar-refractivity contribution in [2.75, 3.05) is 6.26 Å². The molecule has 0 radical (unpaired) electrons. The molecule has 2 fully saturated rings. The molecule has 1 N–H and O–H groups in total. The van der Waals surface area contributed by atoms with Crippen LogP contribution < -0.4 is 10.1 Å². The van der Waals surface area contributed by atoms with E-state index in [-0.39, 0.29) is 29.4 Å². The highest BCUT2D eigenvalue weighted by molar-refractivity contribution is 7.98. The quantitative estimate of drug-likeness (QED) is 0.606. The minimum atomic E-state index is -0.592. The molecule has 1 aromatic carbocycles. The van der Waals surface area contributed by atoms with Gasteiger partial charge in [0.15, 0.2) is 0 Å². The number of benzene rings is 1. The molecule has 4 rings (SSSR count). The Kier molecular flexibility index (Phi) is 6.98. The maximum Gasteiger partial charge on any atom is 0.257 e. The summed E-state index contributed by atoms with van der Waals surface area (Å²) < 4.78 is 19.7. The molecule has 1 aromatic heterocycles. The van der Waals surface area contributed by atoms with Crippen molar-refractivity contribution >= 4 is 23.6 Å². The van der Waals surface area contributed by atoms with Crippen molar-refractivity contribution in [2.24, 2.45) is 0 Å². The van der Waals surface area contributed by atoms with Crippen molar-refractivity contribution < 1.29 is 18.7 Å². The summed E-state index contributed by atoms with van der Waals surface area (Å²) in [6, 6.07) is 9.20. The van der Waals surface area contributed by atoms with Gasteiger partial charge in [-0.1, -0.05) is 6.07 Å². The summed E-state index contributed by atoms with van der Waals surface area (Å²) in [5.41, 5.74) is 0.0741. The number of nitrogens with one attached hydrogen (secondary N) is 1. The van der Waals surface area contributed by atoms with Crippen molar-refractivity contribution in [2.45, 2.75) is 68.5 Å². The Morgan fingerprint density at radius 3 is 2.44 bits per heavy atom. The Balaban J connectivity index is 1.41. The number of hydrogen-bond acceptors (Lipinski definition) is 5. The summed E-state index contributed by atoms with van der Waals surface area (Å²) in [7, 11) is 0. The number of thioether (sulfide) groups is 1. The molecule has 2 saturated carbocycles. The van der Waals surface area contributed by atoms with Crippen LogP contribution >= 0.6 is 11.8 Å². The highest BCUT2D eigenvalue weighted by atomic mass is 32.2. The first kappa shape index (κ1) is 22.6. The Morgan fingerprint density at radius 1 is 1.12 bits per heavy atom. The largest absolute Gasteiger partial charge is 0.438 e. The molecule has 0 unspecified atom stereocenters. The third-order valence-corrected chi connectivity index (χ3v) is 6.77. The van der Waals surface area contributed by atoms with Crippen molar-refractivity contribution in [3.8, 4) is 11.6 Å². The number of aromatic nitrogens is 1. The van der Waals surface area contributed by atoms with Crippen LogP contribution in [0.5, 0.6) is 11.6 Å². The molecule has 0 bridgehead atoms. The SMILES string of the molecule is CSc1cccc(Oc2ncc(F)cc2C(=O)NC2CCC(N(C(C)=O)C3CC3)CC2)c1. The molecule has 2 aliphatic carbocycles. The average Bonchev–Trinajstić information content (AvgIpc) is 3.61. The summed E-state index contributed by atoms with van der Waals surface area (Å²) in [5, 5.41) is 3.01. The summed E-state index contributed by atoms with van der Waals surface area (Å²) >= 11 is 1.57. The van der Waals surface area contributed by atoms with E-state index in [1.165, 1.54) is 0 Å². The third-order valence-electron chi connectivity index (χ3n) is 6.05. The van der Waals surface area contributed by atoms with Crippen LogP contribution in [0, 0.1) is 5.82 Å². The van der Waals surface area contributed by atoms with Gasteiger partial charge < -0.3 is 15.0 Å². The van der Waals surface area contributed by atoms with Gasteiger partial charge in [-0.05, 0) is 69.0 Å². The lowest BCUT2D eigenvalue weighted by Crippen LogP contribution is -2.46. The van der Waals surface area contributed by atoms with E-state index in [0.717, 1.165) is 55.7 Å². The van der Waals surface area contributed by atoms with Crippen LogP contribution in [0.1, 0.15) is 55.8 Å². The molecule has 170 valence electrons. The Hall–Kier alpha value is -2.61. The van der Waals surface area contributed by atoms with Crippen LogP contribution in [0.25, 0.3) is 0 Å². The summed E-state index contributed by atoms with van der Waals surface area (Å²) in [4.78, 5) is 32.1. The lowest BCUT2D eigenvalue weighted by Gasteiger charge is -2.37. The average molecular weight is 458 g/mol. The maximum atomic E-state index is 13.9. The molecule has 6 nitrogen and oxygen atoms in total. The molecule has 0 saturated heterocycles. The number of pyridine rings is 1. The number of hydrogen-bond donors (Lipinski definition) is 1. The topological polar surface area (TPSA) is 71.5 Å². The number of carbonyl (C=O) groups is 2. The van der Waals surface area contributed by atoms with E-state index in [1.807, 2.05) is 29.4 Å². The number of carbonyl (C=O) groups excluding carboxylic acids is 2. The van der Waals surface area contributed by atoms with E-state index in [0.29, 0.717) is 11.8 Å². The summed E-state index contributed by atoms with van der Waals surface area (Å²) in [6.45, 7) is 1.64.